The summed E-state index contributed by atoms with van der Waals surface area (Å²) in [5.74, 6) is -0.448. The maximum Gasteiger partial charge on any atom is 0.341 e. The molecule has 2 rings (SSSR count). The highest BCUT2D eigenvalue weighted by Crippen LogP contribution is 2.10. The van der Waals surface area contributed by atoms with Crippen LogP contribution in [0.3, 0.4) is 0 Å². The SMILES string of the molecule is CCOC(=O)c1cnn(C)c1Cn1ncc(C)cc1=O. The normalized spacial score (nSPS) is 10.6. The van der Waals surface area contributed by atoms with Gasteiger partial charge in [0.25, 0.3) is 5.56 Å². The van der Waals surface area contributed by atoms with E-state index in [1.807, 2.05) is 0 Å². The van der Waals surface area contributed by atoms with Crippen LogP contribution in [0.5, 0.6) is 0 Å². The number of ether oxygens (including phenoxy) is 1. The number of hydrogen-bond donors (Lipinski definition) is 0. The topological polar surface area (TPSA) is 79.0 Å². The molecule has 0 unspecified atom stereocenters. The van der Waals surface area contributed by atoms with Gasteiger partial charge in [0.1, 0.15) is 5.56 Å². The van der Waals surface area contributed by atoms with Gasteiger partial charge in [-0.05, 0) is 19.4 Å². The number of aromatic nitrogens is 4. The molecule has 0 spiro atoms. The summed E-state index contributed by atoms with van der Waals surface area (Å²) in [6.07, 6.45) is 3.04. The van der Waals surface area contributed by atoms with Crippen LogP contribution in [0, 0.1) is 6.92 Å². The van der Waals surface area contributed by atoms with E-state index >= 15 is 0 Å². The van der Waals surface area contributed by atoms with Crippen LogP contribution >= 0.6 is 0 Å². The highest BCUT2D eigenvalue weighted by molar-refractivity contribution is 5.90. The van der Waals surface area contributed by atoms with Gasteiger partial charge in [-0.15, -0.1) is 0 Å². The molecule has 7 nitrogen and oxygen atoms in total. The summed E-state index contributed by atoms with van der Waals surface area (Å²) in [4.78, 5) is 23.7. The molecule has 0 aromatic carbocycles. The van der Waals surface area contributed by atoms with E-state index in [1.54, 1.807) is 31.8 Å². The maximum atomic E-state index is 11.8. The molecular weight excluding hydrogens is 260 g/mol. The first-order chi connectivity index (χ1) is 9.52. The number of aryl methyl sites for hydroxylation is 2. The van der Waals surface area contributed by atoms with Gasteiger partial charge in [0, 0.05) is 13.1 Å². The third-order valence-electron chi connectivity index (χ3n) is 2.86. The lowest BCUT2D eigenvalue weighted by Crippen LogP contribution is -2.25. The predicted molar refractivity (Wildman–Crippen MR) is 71.5 cm³/mol. The molecule has 20 heavy (non-hydrogen) atoms. The molecule has 0 atom stereocenters. The van der Waals surface area contributed by atoms with Crippen molar-refractivity contribution in [3.05, 3.63) is 45.6 Å². The summed E-state index contributed by atoms with van der Waals surface area (Å²) in [6.45, 7) is 3.99. The molecule has 0 bridgehead atoms. The molecule has 0 radical (unpaired) electrons. The molecule has 0 aliphatic rings. The Bertz CT molecular complexity index is 687. The Morgan fingerprint density at radius 1 is 1.35 bits per heavy atom. The number of carbonyl (C=O) groups is 1. The lowest BCUT2D eigenvalue weighted by molar-refractivity contribution is 0.0524. The fourth-order valence-corrected chi connectivity index (χ4v) is 1.81. The summed E-state index contributed by atoms with van der Waals surface area (Å²) < 4.78 is 7.80. The standard InChI is InChI=1S/C13H16N4O3/c1-4-20-13(19)10-7-14-16(3)11(10)8-17-12(18)5-9(2)6-15-17/h5-7H,4,8H2,1-3H3. The van der Waals surface area contributed by atoms with E-state index in [-0.39, 0.29) is 18.7 Å². The van der Waals surface area contributed by atoms with Gasteiger partial charge < -0.3 is 4.74 Å². The van der Waals surface area contributed by atoms with Crippen molar-refractivity contribution in [3.8, 4) is 0 Å². The second kappa shape index (κ2) is 5.68. The molecule has 106 valence electrons. The molecule has 0 saturated carbocycles. The van der Waals surface area contributed by atoms with Crippen molar-refractivity contribution >= 4 is 5.97 Å². The molecule has 0 aliphatic heterocycles. The van der Waals surface area contributed by atoms with E-state index < -0.39 is 5.97 Å². The Kier molecular flexibility index (Phi) is 3.97. The Morgan fingerprint density at radius 2 is 2.10 bits per heavy atom. The zero-order valence-electron chi connectivity index (χ0n) is 11.7. The summed E-state index contributed by atoms with van der Waals surface area (Å²) in [7, 11) is 1.71. The Labute approximate surface area is 115 Å². The van der Waals surface area contributed by atoms with Gasteiger partial charge in [0.15, 0.2) is 0 Å². The van der Waals surface area contributed by atoms with Crippen molar-refractivity contribution in [1.82, 2.24) is 19.6 Å². The van der Waals surface area contributed by atoms with Crippen LogP contribution in [0.4, 0.5) is 0 Å². The average molecular weight is 276 g/mol. The van der Waals surface area contributed by atoms with E-state index in [1.165, 1.54) is 16.9 Å². The number of rotatable bonds is 4. The minimum Gasteiger partial charge on any atom is -0.462 e. The quantitative estimate of drug-likeness (QED) is 0.760. The maximum absolute atomic E-state index is 11.8. The molecule has 0 aliphatic carbocycles. The van der Waals surface area contributed by atoms with Gasteiger partial charge >= 0.3 is 5.97 Å². The van der Waals surface area contributed by atoms with Crippen molar-refractivity contribution in [2.45, 2.75) is 20.4 Å². The van der Waals surface area contributed by atoms with Crippen molar-refractivity contribution < 1.29 is 9.53 Å². The summed E-state index contributed by atoms with van der Waals surface area (Å²) in [6, 6.07) is 1.49. The summed E-state index contributed by atoms with van der Waals surface area (Å²) in [5, 5.41) is 8.09. The van der Waals surface area contributed by atoms with Gasteiger partial charge in [0.2, 0.25) is 0 Å². The summed E-state index contributed by atoms with van der Waals surface area (Å²) in [5.41, 5.74) is 1.51. The highest BCUT2D eigenvalue weighted by Gasteiger charge is 2.18. The number of esters is 1. The predicted octanol–water partition coefficient (Wildman–Crippen LogP) is 0.510. The first-order valence-corrected chi connectivity index (χ1v) is 6.24. The van der Waals surface area contributed by atoms with Crippen molar-refractivity contribution in [3.63, 3.8) is 0 Å². The third-order valence-corrected chi connectivity index (χ3v) is 2.86. The van der Waals surface area contributed by atoms with Gasteiger partial charge in [0.05, 0.1) is 31.2 Å². The minimum absolute atomic E-state index is 0.170. The zero-order chi connectivity index (χ0) is 14.7. The van der Waals surface area contributed by atoms with Crippen LogP contribution in [0.1, 0.15) is 28.5 Å². The van der Waals surface area contributed by atoms with E-state index in [9.17, 15) is 9.59 Å². The van der Waals surface area contributed by atoms with Gasteiger partial charge in [-0.3, -0.25) is 9.48 Å². The molecule has 7 heteroatoms. The fraction of sp³-hybridized carbons (Fsp3) is 0.385. The second-order valence-electron chi connectivity index (χ2n) is 4.38. The average Bonchev–Trinajstić information content (AvgIpc) is 2.75. The highest BCUT2D eigenvalue weighted by atomic mass is 16.5. The Morgan fingerprint density at radius 3 is 2.75 bits per heavy atom. The van der Waals surface area contributed by atoms with Gasteiger partial charge in [-0.2, -0.15) is 10.2 Å². The molecule has 0 saturated heterocycles. The van der Waals surface area contributed by atoms with Crippen LogP contribution < -0.4 is 5.56 Å². The lowest BCUT2D eigenvalue weighted by atomic mass is 10.2. The number of carbonyl (C=O) groups excluding carboxylic acids is 1. The third kappa shape index (κ3) is 2.76. The lowest BCUT2D eigenvalue weighted by Gasteiger charge is -2.07. The Hall–Kier alpha value is -2.44. The van der Waals surface area contributed by atoms with E-state index in [4.69, 9.17) is 4.74 Å². The van der Waals surface area contributed by atoms with Crippen LogP contribution in [-0.4, -0.2) is 32.1 Å². The number of nitrogens with zero attached hydrogens (tertiary/aromatic N) is 4. The molecule has 2 aromatic rings. The molecule has 0 N–H and O–H groups in total. The van der Waals surface area contributed by atoms with E-state index in [0.717, 1.165) is 5.56 Å². The molecule has 0 amide bonds. The summed E-state index contributed by atoms with van der Waals surface area (Å²) >= 11 is 0. The molecular formula is C13H16N4O3. The molecule has 0 fully saturated rings. The smallest absolute Gasteiger partial charge is 0.341 e. The van der Waals surface area contributed by atoms with Crippen molar-refractivity contribution in [1.29, 1.82) is 0 Å². The van der Waals surface area contributed by atoms with Crippen LogP contribution in [0.2, 0.25) is 0 Å². The molecule has 2 aromatic heterocycles. The Balaban J connectivity index is 2.36. The monoisotopic (exact) mass is 276 g/mol. The minimum atomic E-state index is -0.448. The van der Waals surface area contributed by atoms with Crippen molar-refractivity contribution in [2.24, 2.45) is 7.05 Å². The van der Waals surface area contributed by atoms with Crippen LogP contribution in [-0.2, 0) is 18.3 Å². The number of hydrogen-bond acceptors (Lipinski definition) is 5. The first kappa shape index (κ1) is 14.0. The first-order valence-electron chi connectivity index (χ1n) is 6.24. The van der Waals surface area contributed by atoms with E-state index in [2.05, 4.69) is 10.2 Å². The largest absolute Gasteiger partial charge is 0.462 e. The van der Waals surface area contributed by atoms with Crippen molar-refractivity contribution in [2.75, 3.05) is 6.61 Å². The van der Waals surface area contributed by atoms with Crippen LogP contribution in [0.15, 0.2) is 23.3 Å². The fourth-order valence-electron chi connectivity index (χ4n) is 1.81. The van der Waals surface area contributed by atoms with Gasteiger partial charge in [-0.25, -0.2) is 9.48 Å². The second-order valence-corrected chi connectivity index (χ2v) is 4.38. The van der Waals surface area contributed by atoms with E-state index in [0.29, 0.717) is 11.3 Å². The molecule has 2 heterocycles. The zero-order valence-corrected chi connectivity index (χ0v) is 11.7. The van der Waals surface area contributed by atoms with Crippen LogP contribution in [0.25, 0.3) is 0 Å². The van der Waals surface area contributed by atoms with Gasteiger partial charge in [-0.1, -0.05) is 0 Å².